The molecule has 0 saturated carbocycles. The van der Waals surface area contributed by atoms with Gasteiger partial charge in [-0.1, -0.05) is 159 Å². The molecule has 1 aromatic heterocycles. The minimum atomic E-state index is -0.0607. The molecule has 5 aromatic carbocycles. The van der Waals surface area contributed by atoms with Crippen LogP contribution in [0.15, 0.2) is 192 Å². The van der Waals surface area contributed by atoms with Crippen LogP contribution in [0.4, 0.5) is 0 Å². The third-order valence-electron chi connectivity index (χ3n) is 12.9. The molecule has 4 atom stereocenters. The molecule has 0 spiro atoms. The lowest BCUT2D eigenvalue weighted by Gasteiger charge is -2.33. The minimum absolute atomic E-state index is 0.0607. The lowest BCUT2D eigenvalue weighted by atomic mass is 9.73. The number of hydrogen-bond acceptors (Lipinski definition) is 3. The fourth-order valence-electron chi connectivity index (χ4n) is 9.82. The van der Waals surface area contributed by atoms with Gasteiger partial charge in [0.15, 0.2) is 0 Å². The summed E-state index contributed by atoms with van der Waals surface area (Å²) in [5.74, 6) is 1.32. The topological polar surface area (TPSA) is 38.1 Å². The van der Waals surface area contributed by atoms with Gasteiger partial charge in [0.05, 0.1) is 17.1 Å². The Hall–Kier alpha value is -6.45. The molecule has 3 nitrogen and oxygen atoms in total. The summed E-state index contributed by atoms with van der Waals surface area (Å²) in [4.78, 5) is 15.8. The number of benzene rings is 5. The Kier molecular flexibility index (Phi) is 8.10. The first-order chi connectivity index (χ1) is 28.1. The smallest absolute Gasteiger partial charge is 0.136 e. The van der Waals surface area contributed by atoms with Crippen molar-refractivity contribution in [3.8, 4) is 11.1 Å². The summed E-state index contributed by atoms with van der Waals surface area (Å²) in [6.07, 6.45) is 28.5. The zero-order valence-corrected chi connectivity index (χ0v) is 32.1. The highest BCUT2D eigenvalue weighted by Gasteiger charge is 2.33. The number of fused-ring (bicyclic) bond motifs is 7. The normalized spacial score (nSPS) is 23.3. The minimum Gasteiger partial charge on any atom is -0.260 e. The van der Waals surface area contributed by atoms with E-state index in [0.717, 1.165) is 48.6 Å². The summed E-state index contributed by atoms with van der Waals surface area (Å²) >= 11 is 0. The van der Waals surface area contributed by atoms with E-state index in [0.29, 0.717) is 0 Å². The molecular weight excluding hydrogens is 691 g/mol. The molecule has 6 aromatic rings. The molecule has 2 heterocycles. The predicted octanol–water partition coefficient (Wildman–Crippen LogP) is 13.1. The van der Waals surface area contributed by atoms with E-state index in [1.807, 2.05) is 0 Å². The quantitative estimate of drug-likeness (QED) is 0.165. The molecule has 0 bridgehead atoms. The second-order valence-electron chi connectivity index (χ2n) is 16.5. The second kappa shape index (κ2) is 13.6. The highest BCUT2D eigenvalue weighted by Crippen LogP contribution is 2.45. The van der Waals surface area contributed by atoms with Crippen LogP contribution in [-0.2, 0) is 6.42 Å². The Morgan fingerprint density at radius 2 is 1.33 bits per heavy atom. The molecule has 0 saturated heterocycles. The molecule has 0 amide bonds. The summed E-state index contributed by atoms with van der Waals surface area (Å²) in [6, 6.07) is 40.0. The van der Waals surface area contributed by atoms with Crippen LogP contribution in [0.1, 0.15) is 77.8 Å². The van der Waals surface area contributed by atoms with Gasteiger partial charge in [-0.25, -0.2) is 9.97 Å². The molecule has 274 valence electrons. The van der Waals surface area contributed by atoms with Crippen molar-refractivity contribution in [2.24, 2.45) is 10.4 Å². The molecule has 1 aliphatic heterocycles. The van der Waals surface area contributed by atoms with Gasteiger partial charge < -0.3 is 0 Å². The maximum absolute atomic E-state index is 5.49. The SMILES string of the molecule is CC12C=CC=CC1=NC=C(C1=CC[C@@H](c3nc(C4C=CC(c5cc6ccccc6c6ccccc56)=CC4)cc(C4Cc5ccccc5-c5ccccc54)n3)C=C1)C2. The van der Waals surface area contributed by atoms with Crippen LogP contribution in [0.5, 0.6) is 0 Å². The average molecular weight is 734 g/mol. The van der Waals surface area contributed by atoms with E-state index in [1.54, 1.807) is 0 Å². The number of rotatable bonds is 5. The van der Waals surface area contributed by atoms with Crippen LogP contribution in [0, 0.1) is 5.41 Å². The van der Waals surface area contributed by atoms with Crippen LogP contribution >= 0.6 is 0 Å². The zero-order valence-electron chi connectivity index (χ0n) is 32.1. The Labute approximate surface area is 334 Å². The van der Waals surface area contributed by atoms with E-state index >= 15 is 0 Å². The summed E-state index contributed by atoms with van der Waals surface area (Å²) in [5, 5.41) is 5.16. The van der Waals surface area contributed by atoms with Crippen molar-refractivity contribution in [2.75, 3.05) is 0 Å². The van der Waals surface area contributed by atoms with Gasteiger partial charge in [0.2, 0.25) is 0 Å². The molecule has 0 fully saturated rings. The average Bonchev–Trinajstić information content (AvgIpc) is 3.28. The van der Waals surface area contributed by atoms with E-state index in [2.05, 4.69) is 183 Å². The number of allylic oxidation sites excluding steroid dienone is 13. The molecule has 57 heavy (non-hydrogen) atoms. The molecule has 3 heteroatoms. The van der Waals surface area contributed by atoms with Crippen molar-refractivity contribution in [3.05, 3.63) is 221 Å². The summed E-state index contributed by atoms with van der Waals surface area (Å²) in [5.41, 5.74) is 13.8. The largest absolute Gasteiger partial charge is 0.260 e. The van der Waals surface area contributed by atoms with Gasteiger partial charge >= 0.3 is 0 Å². The molecule has 11 rings (SSSR count). The van der Waals surface area contributed by atoms with Crippen molar-refractivity contribution >= 4 is 32.8 Å². The maximum Gasteiger partial charge on any atom is 0.136 e. The van der Waals surface area contributed by atoms with Crippen LogP contribution in [0.25, 0.3) is 38.2 Å². The summed E-state index contributed by atoms with van der Waals surface area (Å²) < 4.78 is 0. The van der Waals surface area contributed by atoms with Gasteiger partial charge in [-0.2, -0.15) is 0 Å². The standard InChI is InChI=1S/C54H43N3/c1-54-29-11-10-20-52(54)55-34-41(33-54)35-21-27-38(28-22-35)53-56-50(32-51(57-53)49-31-40-13-3-5-15-43(40)45-17-7-9-19-47(45)49)37-25-23-36(24-26-37)48-30-39-12-2-4-14-42(39)44-16-6-8-18-46(44)48/h2-25,27,29-30,32,34,37-38,49H,26,28,31,33H2,1H3/t37?,38-,49?,54?/m0/s1. The number of aliphatic imine (C=N–C) groups is 1. The van der Waals surface area contributed by atoms with Crippen molar-refractivity contribution in [1.82, 2.24) is 9.97 Å². The van der Waals surface area contributed by atoms with Crippen LogP contribution in [0.3, 0.4) is 0 Å². The zero-order chi connectivity index (χ0) is 37.9. The van der Waals surface area contributed by atoms with E-state index in [9.17, 15) is 0 Å². The number of aromatic nitrogens is 2. The lowest BCUT2D eigenvalue weighted by molar-refractivity contribution is 0.582. The van der Waals surface area contributed by atoms with Crippen LogP contribution in [-0.4, -0.2) is 15.7 Å². The first-order valence-corrected chi connectivity index (χ1v) is 20.5. The van der Waals surface area contributed by atoms with E-state index in [-0.39, 0.29) is 23.2 Å². The van der Waals surface area contributed by atoms with E-state index < -0.39 is 0 Å². The number of nitrogens with zero attached hydrogens (tertiary/aromatic N) is 3. The first-order valence-electron chi connectivity index (χ1n) is 20.5. The van der Waals surface area contributed by atoms with Crippen molar-refractivity contribution in [2.45, 2.75) is 50.4 Å². The molecule has 4 aliphatic carbocycles. The van der Waals surface area contributed by atoms with Gasteiger partial charge in [-0.15, -0.1) is 0 Å². The Balaban J connectivity index is 0.953. The summed E-state index contributed by atoms with van der Waals surface area (Å²) in [7, 11) is 0. The fourth-order valence-corrected chi connectivity index (χ4v) is 9.82. The highest BCUT2D eigenvalue weighted by molar-refractivity contribution is 6.12. The molecular formula is C54H43N3. The molecule has 0 N–H and O–H groups in total. The van der Waals surface area contributed by atoms with Crippen molar-refractivity contribution in [1.29, 1.82) is 0 Å². The van der Waals surface area contributed by atoms with Crippen molar-refractivity contribution < 1.29 is 0 Å². The van der Waals surface area contributed by atoms with E-state index in [4.69, 9.17) is 15.0 Å². The Bertz CT molecular complexity index is 2890. The van der Waals surface area contributed by atoms with Gasteiger partial charge in [-0.05, 0) is 110 Å². The second-order valence-corrected chi connectivity index (χ2v) is 16.5. The fraction of sp³-hybridized carbons (Fsp3) is 0.167. The van der Waals surface area contributed by atoms with Crippen LogP contribution < -0.4 is 0 Å². The Morgan fingerprint density at radius 3 is 2.19 bits per heavy atom. The third-order valence-corrected chi connectivity index (χ3v) is 12.9. The monoisotopic (exact) mass is 733 g/mol. The summed E-state index contributed by atoms with van der Waals surface area (Å²) in [6.45, 7) is 2.29. The molecule has 0 radical (unpaired) electrons. The lowest BCUT2D eigenvalue weighted by Crippen LogP contribution is -2.28. The number of hydrogen-bond donors (Lipinski definition) is 0. The van der Waals surface area contributed by atoms with Gasteiger partial charge in [-0.3, -0.25) is 4.99 Å². The van der Waals surface area contributed by atoms with Gasteiger partial charge in [0.25, 0.3) is 0 Å². The maximum atomic E-state index is 5.49. The first kappa shape index (κ1) is 33.9. The Morgan fingerprint density at radius 1 is 0.614 bits per heavy atom. The van der Waals surface area contributed by atoms with Gasteiger partial charge in [0.1, 0.15) is 5.82 Å². The van der Waals surface area contributed by atoms with Crippen LogP contribution in [0.2, 0.25) is 0 Å². The predicted molar refractivity (Wildman–Crippen MR) is 236 cm³/mol. The van der Waals surface area contributed by atoms with Crippen molar-refractivity contribution in [3.63, 3.8) is 0 Å². The highest BCUT2D eigenvalue weighted by atomic mass is 14.9. The third kappa shape index (κ3) is 5.92. The van der Waals surface area contributed by atoms with Gasteiger partial charge in [0, 0.05) is 29.4 Å². The molecule has 5 aliphatic rings. The molecule has 3 unspecified atom stereocenters. The van der Waals surface area contributed by atoms with E-state index in [1.165, 1.54) is 66.1 Å².